The lowest BCUT2D eigenvalue weighted by molar-refractivity contribution is 0.0733. The lowest BCUT2D eigenvalue weighted by Crippen LogP contribution is -2.36. The van der Waals surface area contributed by atoms with Crippen LogP contribution in [0.3, 0.4) is 0 Å². The molecule has 7 nitrogen and oxygen atoms in total. The van der Waals surface area contributed by atoms with Gasteiger partial charge in [0, 0.05) is 43.4 Å². The van der Waals surface area contributed by atoms with E-state index in [9.17, 15) is 9.18 Å². The number of nitrogens with zero attached hydrogens (tertiary/aromatic N) is 6. The van der Waals surface area contributed by atoms with Crippen LogP contribution in [-0.4, -0.2) is 41.9 Å². The van der Waals surface area contributed by atoms with Gasteiger partial charge in [0.05, 0.1) is 6.54 Å². The van der Waals surface area contributed by atoms with Crippen molar-refractivity contribution in [1.82, 2.24) is 29.4 Å². The van der Waals surface area contributed by atoms with Gasteiger partial charge >= 0.3 is 0 Å². The van der Waals surface area contributed by atoms with Gasteiger partial charge in [0.15, 0.2) is 5.82 Å². The average molecular weight is 380 g/mol. The molecule has 0 spiro atoms. The summed E-state index contributed by atoms with van der Waals surface area (Å²) < 4.78 is 17.1. The number of hydrogen-bond donors (Lipinski definition) is 0. The molecule has 0 bridgehead atoms. The maximum atomic E-state index is 13.2. The highest BCUT2D eigenvalue weighted by Crippen LogP contribution is 2.33. The Morgan fingerprint density at radius 3 is 2.79 bits per heavy atom. The minimum absolute atomic E-state index is 0.0973. The van der Waals surface area contributed by atoms with Crippen molar-refractivity contribution in [3.63, 3.8) is 0 Å². The second-order valence-electron chi connectivity index (χ2n) is 7.63. The molecular formula is C20H21FN6O. The zero-order valence-electron chi connectivity index (χ0n) is 15.7. The van der Waals surface area contributed by atoms with Gasteiger partial charge in [0.2, 0.25) is 0 Å². The van der Waals surface area contributed by atoms with Crippen molar-refractivity contribution in [2.45, 2.75) is 32.4 Å². The first-order chi connectivity index (χ1) is 13.6. The Hall–Kier alpha value is -3.03. The van der Waals surface area contributed by atoms with Crippen LogP contribution in [-0.2, 0) is 26.6 Å². The van der Waals surface area contributed by atoms with Crippen LogP contribution in [0.5, 0.6) is 0 Å². The van der Waals surface area contributed by atoms with Gasteiger partial charge < -0.3 is 9.47 Å². The Labute approximate surface area is 161 Å². The smallest absolute Gasteiger partial charge is 0.254 e. The number of hydrogen-bond acceptors (Lipinski definition) is 4. The third-order valence-electron chi connectivity index (χ3n) is 5.60. The highest BCUT2D eigenvalue weighted by atomic mass is 19.1. The molecule has 1 aliphatic carbocycles. The van der Waals surface area contributed by atoms with Crippen LogP contribution < -0.4 is 0 Å². The lowest BCUT2D eigenvalue weighted by Gasteiger charge is -2.27. The molecule has 0 atom stereocenters. The van der Waals surface area contributed by atoms with Crippen LogP contribution in [0.25, 0.3) is 11.5 Å². The first-order valence-corrected chi connectivity index (χ1v) is 9.58. The molecule has 0 radical (unpaired) electrons. The summed E-state index contributed by atoms with van der Waals surface area (Å²) in [5.74, 6) is 1.02. The van der Waals surface area contributed by atoms with Gasteiger partial charge in [0.1, 0.15) is 17.8 Å². The molecule has 0 N–H and O–H groups in total. The number of halogens is 1. The quantitative estimate of drug-likeness (QED) is 0.697. The van der Waals surface area contributed by atoms with E-state index < -0.39 is 0 Å². The Kier molecular flexibility index (Phi) is 3.99. The van der Waals surface area contributed by atoms with Crippen molar-refractivity contribution in [1.29, 1.82) is 0 Å². The van der Waals surface area contributed by atoms with Crippen molar-refractivity contribution in [2.75, 3.05) is 6.54 Å². The Morgan fingerprint density at radius 1 is 1.25 bits per heavy atom. The summed E-state index contributed by atoms with van der Waals surface area (Å²) in [7, 11) is 1.93. The van der Waals surface area contributed by atoms with Gasteiger partial charge in [-0.05, 0) is 43.0 Å². The number of aryl methyl sites for hydroxylation is 1. The van der Waals surface area contributed by atoms with Gasteiger partial charge in [-0.3, -0.25) is 9.48 Å². The molecule has 1 saturated carbocycles. The van der Waals surface area contributed by atoms with E-state index in [1.165, 1.54) is 37.1 Å². The van der Waals surface area contributed by atoms with E-state index in [-0.39, 0.29) is 11.7 Å². The van der Waals surface area contributed by atoms with E-state index in [4.69, 9.17) is 5.10 Å². The predicted molar refractivity (Wildman–Crippen MR) is 99.8 cm³/mol. The Bertz CT molecular complexity index is 1030. The van der Waals surface area contributed by atoms with E-state index in [0.717, 1.165) is 35.7 Å². The molecule has 1 amide bonds. The third-order valence-corrected chi connectivity index (χ3v) is 5.60. The van der Waals surface area contributed by atoms with Gasteiger partial charge in [-0.1, -0.05) is 0 Å². The summed E-state index contributed by atoms with van der Waals surface area (Å²) in [6.45, 7) is 1.98. The van der Waals surface area contributed by atoms with Crippen LogP contribution in [0, 0.1) is 11.7 Å². The molecule has 2 aliphatic rings. The Balaban J connectivity index is 1.46. The van der Waals surface area contributed by atoms with Crippen molar-refractivity contribution in [3.8, 4) is 11.5 Å². The van der Waals surface area contributed by atoms with E-state index in [2.05, 4.69) is 14.8 Å². The van der Waals surface area contributed by atoms with Crippen molar-refractivity contribution < 1.29 is 9.18 Å². The van der Waals surface area contributed by atoms with Crippen LogP contribution in [0.1, 0.15) is 34.5 Å². The number of carbonyl (C=O) groups is 1. The normalized spacial score (nSPS) is 16.3. The summed E-state index contributed by atoms with van der Waals surface area (Å²) in [4.78, 5) is 14.7. The molecule has 1 aliphatic heterocycles. The van der Waals surface area contributed by atoms with Crippen molar-refractivity contribution >= 4 is 5.91 Å². The molecule has 1 aromatic carbocycles. The lowest BCUT2D eigenvalue weighted by atomic mass is 10.0. The maximum Gasteiger partial charge on any atom is 0.254 e. The molecule has 2 aromatic heterocycles. The topological polar surface area (TPSA) is 68.8 Å². The van der Waals surface area contributed by atoms with Crippen molar-refractivity contribution in [3.05, 3.63) is 53.2 Å². The summed E-state index contributed by atoms with van der Waals surface area (Å²) in [5, 5.41) is 13.1. The molecular weight excluding hydrogens is 359 g/mol. The molecule has 0 unspecified atom stereocenters. The van der Waals surface area contributed by atoms with E-state index >= 15 is 0 Å². The minimum Gasteiger partial charge on any atom is -0.334 e. The third kappa shape index (κ3) is 2.98. The fourth-order valence-corrected chi connectivity index (χ4v) is 3.87. The van der Waals surface area contributed by atoms with Crippen LogP contribution in [0.15, 0.2) is 30.6 Å². The van der Waals surface area contributed by atoms with E-state index in [1.807, 2.05) is 11.7 Å². The number of benzene rings is 1. The van der Waals surface area contributed by atoms with E-state index in [1.54, 1.807) is 11.2 Å². The monoisotopic (exact) mass is 380 g/mol. The molecule has 3 aromatic rings. The second-order valence-corrected chi connectivity index (χ2v) is 7.63. The minimum atomic E-state index is -0.345. The summed E-state index contributed by atoms with van der Waals surface area (Å²) >= 11 is 0. The zero-order valence-corrected chi connectivity index (χ0v) is 15.7. The van der Waals surface area contributed by atoms with Gasteiger partial charge in [-0.25, -0.2) is 4.39 Å². The number of fused-ring (bicyclic) bond motifs is 1. The number of amides is 1. The number of carbonyl (C=O) groups excluding carboxylic acids is 1. The molecule has 28 heavy (non-hydrogen) atoms. The first-order valence-electron chi connectivity index (χ1n) is 9.58. The van der Waals surface area contributed by atoms with Crippen LogP contribution >= 0.6 is 0 Å². The van der Waals surface area contributed by atoms with Crippen molar-refractivity contribution in [2.24, 2.45) is 13.0 Å². The standard InChI is InChI=1S/C20H21FN6O/c1-25-17-8-9-26(20(28)14-4-6-15(21)7-5-14)11-16(17)18(24-25)19-23-22-12-27(19)10-13-2-3-13/h4-7,12-13H,2-3,8-11H2,1H3. The SMILES string of the molecule is Cn1nc(-c2nncn2CC2CC2)c2c1CCN(C(=O)c1ccc(F)cc1)C2. The summed E-state index contributed by atoms with van der Waals surface area (Å²) in [6.07, 6.45) is 4.98. The van der Waals surface area contributed by atoms with Gasteiger partial charge in [-0.15, -0.1) is 10.2 Å². The zero-order chi connectivity index (χ0) is 19.3. The number of aromatic nitrogens is 5. The molecule has 1 fully saturated rings. The molecule has 3 heterocycles. The molecule has 0 saturated heterocycles. The maximum absolute atomic E-state index is 13.2. The fourth-order valence-electron chi connectivity index (χ4n) is 3.87. The molecule has 144 valence electrons. The highest BCUT2D eigenvalue weighted by molar-refractivity contribution is 5.94. The fraction of sp³-hybridized carbons (Fsp3) is 0.400. The summed E-state index contributed by atoms with van der Waals surface area (Å²) in [6, 6.07) is 5.70. The first kappa shape index (κ1) is 17.1. The Morgan fingerprint density at radius 2 is 2.04 bits per heavy atom. The predicted octanol–water partition coefficient (Wildman–Crippen LogP) is 2.43. The van der Waals surface area contributed by atoms with Crippen LogP contribution in [0.4, 0.5) is 4.39 Å². The average Bonchev–Trinajstić information content (AvgIpc) is 3.31. The summed E-state index contributed by atoms with van der Waals surface area (Å²) in [5.41, 5.74) is 3.44. The molecule has 8 heteroatoms. The van der Waals surface area contributed by atoms with E-state index in [0.29, 0.717) is 24.6 Å². The molecule has 5 rings (SSSR count). The van der Waals surface area contributed by atoms with Gasteiger partial charge in [-0.2, -0.15) is 5.10 Å². The second kappa shape index (κ2) is 6.54. The number of rotatable bonds is 4. The highest BCUT2D eigenvalue weighted by Gasteiger charge is 2.30. The van der Waals surface area contributed by atoms with Gasteiger partial charge in [0.25, 0.3) is 5.91 Å². The van der Waals surface area contributed by atoms with Crippen LogP contribution in [0.2, 0.25) is 0 Å². The largest absolute Gasteiger partial charge is 0.334 e.